The van der Waals surface area contributed by atoms with Crippen molar-refractivity contribution in [2.75, 3.05) is 13.2 Å². The Kier molecular flexibility index (Phi) is 76.9. The van der Waals surface area contributed by atoms with Crippen LogP contribution in [-0.4, -0.2) is 47.4 Å². The Morgan fingerprint density at radius 1 is 0.311 bits per heavy atom. The maximum absolute atomic E-state index is 12.6. The number of aliphatic hydroxyl groups excluding tert-OH is 2. The minimum absolute atomic E-state index is 0.00831. The monoisotopic (exact) mass is 1260 g/mol. The molecule has 0 fully saturated rings. The van der Waals surface area contributed by atoms with Crippen LogP contribution in [0.4, 0.5) is 0 Å². The summed E-state index contributed by atoms with van der Waals surface area (Å²) in [7, 11) is 0. The molecular weight excluding hydrogens is 1100 g/mol. The quantitative estimate of drug-likeness (QED) is 0.0320. The van der Waals surface area contributed by atoms with Crippen LogP contribution in [0.25, 0.3) is 0 Å². The number of esters is 1. The van der Waals surface area contributed by atoms with E-state index in [-0.39, 0.29) is 18.5 Å². The van der Waals surface area contributed by atoms with Crippen LogP contribution >= 0.6 is 0 Å². The van der Waals surface area contributed by atoms with Gasteiger partial charge in [0.2, 0.25) is 5.91 Å². The highest BCUT2D eigenvalue weighted by Gasteiger charge is 2.18. The number of allylic oxidation sites excluding steroid dienone is 9. The first-order valence-electron chi connectivity index (χ1n) is 40.6. The van der Waals surface area contributed by atoms with Gasteiger partial charge in [0.1, 0.15) is 0 Å². The number of aliphatic hydroxyl groups is 2. The van der Waals surface area contributed by atoms with Gasteiger partial charge in [0.05, 0.1) is 25.4 Å². The molecule has 528 valence electrons. The first-order valence-corrected chi connectivity index (χ1v) is 40.6. The SMILES string of the molecule is CCCCC/C=C\C/C=C\CCCCCCCCCCCC(=O)OCCCCCCCCCCC/C=C\C/C=C\CCCCCCCCCCCCCCCC(=O)NC(CO)C(O)/C=C/CCCCCCCCCCCCCCCCCCCCCCCCC. The number of hydrogen-bond donors (Lipinski definition) is 3. The highest BCUT2D eigenvalue weighted by molar-refractivity contribution is 5.76. The third kappa shape index (κ3) is 74.6. The topological polar surface area (TPSA) is 95.9 Å². The highest BCUT2D eigenvalue weighted by atomic mass is 16.5. The molecule has 0 spiro atoms. The van der Waals surface area contributed by atoms with Crippen molar-refractivity contribution >= 4 is 11.9 Å². The van der Waals surface area contributed by atoms with Crippen LogP contribution in [0, 0.1) is 0 Å². The lowest BCUT2D eigenvalue weighted by Crippen LogP contribution is -2.45. The lowest BCUT2D eigenvalue weighted by molar-refractivity contribution is -0.143. The molecule has 6 heteroatoms. The van der Waals surface area contributed by atoms with Crippen LogP contribution in [0.2, 0.25) is 0 Å². The van der Waals surface area contributed by atoms with E-state index in [9.17, 15) is 19.8 Å². The third-order valence-electron chi connectivity index (χ3n) is 18.8. The van der Waals surface area contributed by atoms with Gasteiger partial charge in [0.15, 0.2) is 0 Å². The minimum Gasteiger partial charge on any atom is -0.466 e. The van der Waals surface area contributed by atoms with Gasteiger partial charge in [0, 0.05) is 12.8 Å². The molecule has 0 aliphatic carbocycles. The molecule has 3 N–H and O–H groups in total. The van der Waals surface area contributed by atoms with Crippen molar-refractivity contribution in [3.8, 4) is 0 Å². The Hall–Kier alpha value is -2.44. The zero-order valence-corrected chi connectivity index (χ0v) is 60.6. The minimum atomic E-state index is -0.848. The number of carbonyl (C=O) groups excluding carboxylic acids is 2. The second kappa shape index (κ2) is 79.0. The van der Waals surface area contributed by atoms with Gasteiger partial charge in [-0.2, -0.15) is 0 Å². The van der Waals surface area contributed by atoms with Crippen molar-refractivity contribution in [3.05, 3.63) is 60.8 Å². The summed E-state index contributed by atoms with van der Waals surface area (Å²) in [5, 5.41) is 23.3. The first-order chi connectivity index (χ1) is 44.5. The molecule has 0 rings (SSSR count). The summed E-state index contributed by atoms with van der Waals surface area (Å²) in [6.07, 6.45) is 106. The van der Waals surface area contributed by atoms with Crippen molar-refractivity contribution in [2.45, 2.75) is 450 Å². The van der Waals surface area contributed by atoms with Crippen LogP contribution < -0.4 is 5.32 Å². The molecule has 0 aromatic heterocycles. The molecule has 0 aliphatic rings. The Morgan fingerprint density at radius 2 is 0.556 bits per heavy atom. The summed E-state index contributed by atoms with van der Waals surface area (Å²) in [5.74, 6) is -0.0564. The predicted octanol–water partition coefficient (Wildman–Crippen LogP) is 26.9. The number of nitrogens with one attached hydrogen (secondary N) is 1. The molecule has 0 aliphatic heterocycles. The summed E-state index contributed by atoms with van der Waals surface area (Å²) in [6, 6.07) is -0.632. The van der Waals surface area contributed by atoms with Gasteiger partial charge in [-0.3, -0.25) is 9.59 Å². The van der Waals surface area contributed by atoms with E-state index in [4.69, 9.17) is 4.74 Å². The molecule has 2 unspecified atom stereocenters. The molecule has 90 heavy (non-hydrogen) atoms. The van der Waals surface area contributed by atoms with Crippen LogP contribution in [0.15, 0.2) is 60.8 Å². The van der Waals surface area contributed by atoms with Crippen LogP contribution in [0.1, 0.15) is 438 Å². The van der Waals surface area contributed by atoms with E-state index in [0.29, 0.717) is 19.4 Å². The molecule has 0 aromatic carbocycles. The van der Waals surface area contributed by atoms with Crippen molar-refractivity contribution in [2.24, 2.45) is 0 Å². The van der Waals surface area contributed by atoms with E-state index in [2.05, 4.69) is 67.8 Å². The van der Waals surface area contributed by atoms with Crippen LogP contribution in [-0.2, 0) is 14.3 Å². The van der Waals surface area contributed by atoms with Gasteiger partial charge in [-0.25, -0.2) is 0 Å². The van der Waals surface area contributed by atoms with Crippen LogP contribution in [0.3, 0.4) is 0 Å². The summed E-state index contributed by atoms with van der Waals surface area (Å²) < 4.78 is 5.51. The van der Waals surface area contributed by atoms with Gasteiger partial charge in [-0.05, 0) is 96.3 Å². The second-order valence-corrected chi connectivity index (χ2v) is 27.7. The fraction of sp³-hybridized carbons (Fsp3) is 0.857. The fourth-order valence-corrected chi connectivity index (χ4v) is 12.6. The van der Waals surface area contributed by atoms with Crippen molar-refractivity contribution in [1.29, 1.82) is 0 Å². The number of amides is 1. The third-order valence-corrected chi connectivity index (χ3v) is 18.8. The summed E-state index contributed by atoms with van der Waals surface area (Å²) in [6.45, 7) is 4.92. The van der Waals surface area contributed by atoms with Crippen molar-refractivity contribution in [3.63, 3.8) is 0 Å². The molecule has 1 amide bonds. The Balaban J connectivity index is 3.42. The Bertz CT molecular complexity index is 1550. The van der Waals surface area contributed by atoms with Gasteiger partial charge in [-0.15, -0.1) is 0 Å². The lowest BCUT2D eigenvalue weighted by atomic mass is 10.0. The molecular formula is C84H157NO5. The van der Waals surface area contributed by atoms with Crippen LogP contribution in [0.5, 0.6) is 0 Å². The molecule has 0 aromatic rings. The number of hydrogen-bond acceptors (Lipinski definition) is 5. The zero-order valence-electron chi connectivity index (χ0n) is 60.6. The molecule has 0 saturated carbocycles. The molecule has 0 radical (unpaired) electrons. The molecule has 0 saturated heterocycles. The van der Waals surface area contributed by atoms with E-state index >= 15 is 0 Å². The maximum Gasteiger partial charge on any atom is 0.305 e. The Morgan fingerprint density at radius 3 is 0.867 bits per heavy atom. The average molecular weight is 1260 g/mol. The van der Waals surface area contributed by atoms with Gasteiger partial charge in [0.25, 0.3) is 0 Å². The van der Waals surface area contributed by atoms with Crippen molar-refractivity contribution < 1.29 is 24.5 Å². The average Bonchev–Trinajstić information content (AvgIpc) is 3.69. The largest absolute Gasteiger partial charge is 0.466 e. The first kappa shape index (κ1) is 87.6. The van der Waals surface area contributed by atoms with Gasteiger partial charge in [-0.1, -0.05) is 389 Å². The van der Waals surface area contributed by atoms with E-state index in [1.54, 1.807) is 6.08 Å². The smallest absolute Gasteiger partial charge is 0.305 e. The number of carbonyl (C=O) groups is 2. The Labute approximate surface area is 562 Å². The normalized spacial score (nSPS) is 12.8. The van der Waals surface area contributed by atoms with E-state index < -0.39 is 12.1 Å². The van der Waals surface area contributed by atoms with Gasteiger partial charge >= 0.3 is 5.97 Å². The van der Waals surface area contributed by atoms with E-state index in [1.807, 2.05) is 6.08 Å². The van der Waals surface area contributed by atoms with E-state index in [0.717, 1.165) is 57.8 Å². The molecule has 0 heterocycles. The summed E-state index contributed by atoms with van der Waals surface area (Å²) in [4.78, 5) is 24.7. The summed E-state index contributed by atoms with van der Waals surface area (Å²) in [5.41, 5.74) is 0. The number of rotatable bonds is 76. The van der Waals surface area contributed by atoms with Crippen molar-refractivity contribution in [1.82, 2.24) is 5.32 Å². The maximum atomic E-state index is 12.6. The highest BCUT2D eigenvalue weighted by Crippen LogP contribution is 2.19. The summed E-state index contributed by atoms with van der Waals surface area (Å²) >= 11 is 0. The van der Waals surface area contributed by atoms with Gasteiger partial charge < -0.3 is 20.3 Å². The number of unbranched alkanes of at least 4 members (excludes halogenated alkanes) is 57. The standard InChI is InChI=1S/C84H157NO5/c1-3-5-7-9-11-13-15-17-19-21-23-24-25-31-34-37-41-44-48-52-56-60-64-68-72-76-82(87)81(80-86)85-83(88)77-73-69-65-61-57-53-49-45-42-38-35-32-29-27-26-28-30-33-36-39-43-47-51-55-59-63-67-71-75-79-90-84(89)78-74-70-66-62-58-54-50-46-40-22-20-18-16-14-12-10-8-6-4-2/h12,14,18,20,26,28,33,36,72,76,81-82,86-87H,3-11,13,15-17,19,21-25,27,29-32,34-35,37-71,73-75,77-80H2,1-2H3,(H,85,88)/b14-12-,20-18-,28-26-,36-33-,76-72+. The fourth-order valence-electron chi connectivity index (χ4n) is 12.6. The molecule has 0 bridgehead atoms. The second-order valence-electron chi connectivity index (χ2n) is 27.7. The predicted molar refractivity (Wildman–Crippen MR) is 398 cm³/mol. The zero-order chi connectivity index (χ0) is 64.9. The number of ether oxygens (including phenoxy) is 1. The lowest BCUT2D eigenvalue weighted by Gasteiger charge is -2.20. The molecule has 2 atom stereocenters. The van der Waals surface area contributed by atoms with E-state index in [1.165, 1.54) is 353 Å². The molecule has 6 nitrogen and oxygen atoms in total.